The second kappa shape index (κ2) is 7.45. The summed E-state index contributed by atoms with van der Waals surface area (Å²) >= 11 is 5.99. The molecule has 2 aromatic carbocycles. The standard InChI is InChI=1S/C16H15ClN2O2/c17-14-9-5-4-8-13(14)16(18)19-21-15(20)11-10-12-6-2-1-3-7-12/h1-9H,10-11H2,(H2,18,19)/p+1. The van der Waals surface area contributed by atoms with Gasteiger partial charge in [-0.1, -0.05) is 59.2 Å². The fourth-order valence-electron chi connectivity index (χ4n) is 1.79. The molecule has 3 N–H and O–H groups in total. The number of hydrogen-bond donors (Lipinski definition) is 2. The van der Waals surface area contributed by atoms with Crippen LogP contribution in [0.15, 0.2) is 54.6 Å². The van der Waals surface area contributed by atoms with Gasteiger partial charge in [0.1, 0.15) is 0 Å². The number of hydrogen-bond acceptors (Lipinski definition) is 2. The molecule has 0 atom stereocenters. The Hall–Kier alpha value is -2.33. The number of nitrogen functional groups attached to an aromatic ring is 1. The van der Waals surface area contributed by atoms with Crippen LogP contribution in [0, 0.1) is 0 Å². The normalized spacial score (nSPS) is 11.2. The number of carbonyl (C=O) groups excluding carboxylic acids is 1. The van der Waals surface area contributed by atoms with Gasteiger partial charge in [0, 0.05) is 0 Å². The van der Waals surface area contributed by atoms with Gasteiger partial charge in [0.15, 0.2) is 0 Å². The van der Waals surface area contributed by atoms with Crippen molar-refractivity contribution in [3.8, 4) is 0 Å². The van der Waals surface area contributed by atoms with E-state index in [-0.39, 0.29) is 18.2 Å². The highest BCUT2D eigenvalue weighted by Gasteiger charge is 2.11. The van der Waals surface area contributed by atoms with Crippen LogP contribution in [-0.4, -0.2) is 11.8 Å². The fourth-order valence-corrected chi connectivity index (χ4v) is 2.03. The number of rotatable bonds is 5. The lowest BCUT2D eigenvalue weighted by molar-refractivity contribution is -0.724. The van der Waals surface area contributed by atoms with Crippen molar-refractivity contribution >= 4 is 23.4 Å². The minimum atomic E-state index is -0.381. The molecule has 5 heteroatoms. The molecule has 0 aliphatic heterocycles. The average Bonchev–Trinajstić information content (AvgIpc) is 2.52. The molecule has 0 amide bonds. The van der Waals surface area contributed by atoms with E-state index in [2.05, 4.69) is 5.16 Å². The number of benzene rings is 2. The van der Waals surface area contributed by atoms with Crippen molar-refractivity contribution in [2.24, 2.45) is 5.73 Å². The summed E-state index contributed by atoms with van der Waals surface area (Å²) in [4.78, 5) is 16.6. The zero-order valence-corrected chi connectivity index (χ0v) is 12.1. The van der Waals surface area contributed by atoms with Crippen molar-refractivity contribution in [3.63, 3.8) is 0 Å². The van der Waals surface area contributed by atoms with Crippen LogP contribution in [0.4, 0.5) is 0 Å². The predicted octanol–water partition coefficient (Wildman–Crippen LogP) is 1.22. The summed E-state index contributed by atoms with van der Waals surface area (Å²) in [5, 5.41) is 2.92. The van der Waals surface area contributed by atoms with E-state index < -0.39 is 0 Å². The lowest BCUT2D eigenvalue weighted by Gasteiger charge is -2.00. The van der Waals surface area contributed by atoms with Gasteiger partial charge in [0.25, 0.3) is 0 Å². The van der Waals surface area contributed by atoms with Crippen molar-refractivity contribution in [1.82, 2.24) is 0 Å². The van der Waals surface area contributed by atoms with Crippen LogP contribution in [0.2, 0.25) is 5.02 Å². The van der Waals surface area contributed by atoms with Gasteiger partial charge >= 0.3 is 11.8 Å². The molecule has 0 aliphatic carbocycles. The highest BCUT2D eigenvalue weighted by atomic mass is 35.5. The Morgan fingerprint density at radius 1 is 1.10 bits per heavy atom. The van der Waals surface area contributed by atoms with Gasteiger partial charge in [0.05, 0.1) is 17.0 Å². The van der Waals surface area contributed by atoms with Gasteiger partial charge in [-0.3, -0.25) is 10.6 Å². The van der Waals surface area contributed by atoms with Crippen LogP contribution in [0.5, 0.6) is 0 Å². The minimum Gasteiger partial charge on any atom is -0.284 e. The average molecular weight is 304 g/mol. The first-order valence-electron chi connectivity index (χ1n) is 6.54. The second-order valence-corrected chi connectivity index (χ2v) is 4.86. The van der Waals surface area contributed by atoms with Crippen molar-refractivity contribution in [3.05, 3.63) is 70.7 Å². The first-order valence-corrected chi connectivity index (χ1v) is 6.91. The molecule has 0 fully saturated rings. The fraction of sp³-hybridized carbons (Fsp3) is 0.125. The Morgan fingerprint density at radius 2 is 1.76 bits per heavy atom. The van der Waals surface area contributed by atoms with E-state index in [1.807, 2.05) is 30.3 Å². The van der Waals surface area contributed by atoms with E-state index in [4.69, 9.17) is 22.2 Å². The van der Waals surface area contributed by atoms with Crippen molar-refractivity contribution in [2.45, 2.75) is 12.8 Å². The lowest BCUT2D eigenvalue weighted by atomic mass is 10.1. The third-order valence-electron chi connectivity index (χ3n) is 2.90. The molecule has 0 heterocycles. The number of amidine groups is 1. The number of halogens is 1. The van der Waals surface area contributed by atoms with E-state index in [0.29, 0.717) is 17.0 Å². The molecule has 0 spiro atoms. The topological polar surface area (TPSA) is 66.3 Å². The molecule has 108 valence electrons. The van der Waals surface area contributed by atoms with Crippen LogP contribution in [0.3, 0.4) is 0 Å². The third-order valence-corrected chi connectivity index (χ3v) is 3.23. The number of nitrogens with one attached hydrogen (secondary N) is 1. The van der Waals surface area contributed by atoms with Crippen molar-refractivity contribution in [1.29, 1.82) is 0 Å². The Kier molecular flexibility index (Phi) is 5.35. The highest BCUT2D eigenvalue weighted by Crippen LogP contribution is 2.12. The van der Waals surface area contributed by atoms with E-state index in [1.165, 1.54) is 0 Å². The highest BCUT2D eigenvalue weighted by molar-refractivity contribution is 6.33. The molecule has 0 radical (unpaired) electrons. The number of nitrogens with two attached hydrogens (primary N) is 1. The summed E-state index contributed by atoms with van der Waals surface area (Å²) in [6.07, 6.45) is 0.889. The Bertz CT molecular complexity index is 642. The molecular formula is C16H16ClN2O2+. The lowest BCUT2D eigenvalue weighted by Crippen LogP contribution is -2.75. The molecule has 0 aromatic heterocycles. The minimum absolute atomic E-state index is 0.202. The quantitative estimate of drug-likeness (QED) is 0.378. The zero-order chi connectivity index (χ0) is 15.1. The predicted molar refractivity (Wildman–Crippen MR) is 81.6 cm³/mol. The van der Waals surface area contributed by atoms with Gasteiger partial charge in [-0.2, -0.15) is 0 Å². The molecule has 21 heavy (non-hydrogen) atoms. The molecule has 0 saturated heterocycles. The molecule has 0 aliphatic rings. The van der Waals surface area contributed by atoms with Gasteiger partial charge in [-0.05, 0) is 24.1 Å². The number of aryl methyl sites for hydroxylation is 1. The van der Waals surface area contributed by atoms with Crippen molar-refractivity contribution in [2.75, 3.05) is 0 Å². The van der Waals surface area contributed by atoms with E-state index >= 15 is 0 Å². The zero-order valence-electron chi connectivity index (χ0n) is 11.4. The van der Waals surface area contributed by atoms with Gasteiger partial charge < -0.3 is 0 Å². The van der Waals surface area contributed by atoms with Crippen LogP contribution in [-0.2, 0) is 16.1 Å². The monoisotopic (exact) mass is 303 g/mol. The summed E-state index contributed by atoms with van der Waals surface area (Å²) in [5.41, 5.74) is 7.47. The molecule has 2 aromatic rings. The van der Waals surface area contributed by atoms with E-state index in [9.17, 15) is 4.79 Å². The maximum atomic E-state index is 11.7. The van der Waals surface area contributed by atoms with E-state index in [1.54, 1.807) is 24.3 Å². The summed E-state index contributed by atoms with van der Waals surface area (Å²) in [7, 11) is 0. The van der Waals surface area contributed by atoms with Gasteiger partial charge in [-0.15, -0.1) is 0 Å². The second-order valence-electron chi connectivity index (χ2n) is 4.46. The SMILES string of the molecule is NC(=[NH+]OC(=O)CCc1ccccc1)c1ccccc1Cl. The Balaban J connectivity index is 1.88. The summed E-state index contributed by atoms with van der Waals surface area (Å²) in [5.74, 6) is -0.178. The van der Waals surface area contributed by atoms with Crippen LogP contribution in [0.1, 0.15) is 17.5 Å². The third kappa shape index (κ3) is 4.61. The molecular weight excluding hydrogens is 288 g/mol. The van der Waals surface area contributed by atoms with Crippen molar-refractivity contribution < 1.29 is 14.8 Å². The van der Waals surface area contributed by atoms with Crippen LogP contribution in [0.25, 0.3) is 0 Å². The van der Waals surface area contributed by atoms with E-state index in [0.717, 1.165) is 5.56 Å². The Labute approximate surface area is 128 Å². The molecule has 0 unspecified atom stereocenters. The first kappa shape index (κ1) is 15.1. The molecule has 4 nitrogen and oxygen atoms in total. The van der Waals surface area contributed by atoms with Gasteiger partial charge in [-0.25, -0.2) is 4.79 Å². The molecule has 2 rings (SSSR count). The molecule has 0 saturated carbocycles. The first-order chi connectivity index (χ1) is 10.2. The largest absolute Gasteiger partial charge is 0.357 e. The van der Waals surface area contributed by atoms with Crippen LogP contribution >= 0.6 is 11.6 Å². The Morgan fingerprint density at radius 3 is 2.48 bits per heavy atom. The van der Waals surface area contributed by atoms with Gasteiger partial charge in [0.2, 0.25) is 0 Å². The molecule has 0 bridgehead atoms. The maximum absolute atomic E-state index is 11.7. The summed E-state index contributed by atoms with van der Waals surface area (Å²) < 4.78 is 0. The summed E-state index contributed by atoms with van der Waals surface area (Å²) in [6.45, 7) is 0. The van der Waals surface area contributed by atoms with Crippen LogP contribution < -0.4 is 10.9 Å². The summed E-state index contributed by atoms with van der Waals surface area (Å²) in [6, 6.07) is 16.8. The maximum Gasteiger partial charge on any atom is 0.357 e. The number of carbonyl (C=O) groups is 1. The smallest absolute Gasteiger partial charge is 0.284 e.